The Bertz CT molecular complexity index is 1210. The second-order valence-corrected chi connectivity index (χ2v) is 6.67. The highest BCUT2D eigenvalue weighted by Crippen LogP contribution is 2.39. The van der Waals surface area contributed by atoms with E-state index in [2.05, 4.69) is 20.0 Å². The number of aliphatic hydroxyl groups excluding tert-OH is 1. The number of ether oxygens (including phenoxy) is 1. The van der Waals surface area contributed by atoms with Crippen molar-refractivity contribution in [2.45, 2.75) is 25.3 Å². The normalized spacial score (nSPS) is 13.1. The number of aliphatic hydroxyl groups is 1. The third kappa shape index (κ3) is 4.84. The first kappa shape index (κ1) is 23.8. The van der Waals surface area contributed by atoms with E-state index in [9.17, 15) is 31.5 Å². The van der Waals surface area contributed by atoms with Crippen LogP contribution in [-0.2, 0) is 17.1 Å². The number of nitrogens with two attached hydrogens (primary N) is 1. The number of benzene rings is 1. The van der Waals surface area contributed by atoms with Gasteiger partial charge in [-0.2, -0.15) is 22.0 Å². The first-order valence-corrected chi connectivity index (χ1v) is 9.05. The van der Waals surface area contributed by atoms with Crippen LogP contribution in [0.15, 0.2) is 35.0 Å². The van der Waals surface area contributed by atoms with Crippen LogP contribution in [0.3, 0.4) is 0 Å². The Kier molecular flexibility index (Phi) is 6.22. The first-order chi connectivity index (χ1) is 15.3. The zero-order valence-electron chi connectivity index (χ0n) is 16.6. The fourth-order valence-corrected chi connectivity index (χ4v) is 2.94. The van der Waals surface area contributed by atoms with E-state index in [0.29, 0.717) is 12.4 Å². The summed E-state index contributed by atoms with van der Waals surface area (Å²) in [5.41, 5.74) is 1.27. The zero-order valence-corrected chi connectivity index (χ0v) is 16.6. The molecule has 3 rings (SSSR count). The number of aromatic nitrogens is 2. The molecule has 2 amide bonds. The number of nitrogens with one attached hydrogen (secondary N) is 1. The number of primary amides is 1. The molecule has 2 heterocycles. The van der Waals surface area contributed by atoms with Crippen LogP contribution in [-0.4, -0.2) is 39.5 Å². The minimum absolute atomic E-state index is 0.0286. The summed E-state index contributed by atoms with van der Waals surface area (Å²) in [5.74, 6) is -2.53. The van der Waals surface area contributed by atoms with Gasteiger partial charge in [-0.15, -0.1) is 0 Å². The molecular formula is C19H15F5N4O5. The number of hydrogen-bond donors (Lipinski definition) is 3. The Balaban J connectivity index is 1.99. The van der Waals surface area contributed by atoms with Crippen LogP contribution in [0.25, 0.3) is 11.0 Å². The average molecular weight is 474 g/mol. The maximum atomic E-state index is 14.6. The Morgan fingerprint density at radius 1 is 1.18 bits per heavy atom. The molecule has 0 saturated heterocycles. The molecule has 176 valence electrons. The van der Waals surface area contributed by atoms with Crippen molar-refractivity contribution in [2.75, 3.05) is 6.61 Å². The molecule has 0 saturated carbocycles. The van der Waals surface area contributed by atoms with Gasteiger partial charge in [0.25, 0.3) is 5.91 Å². The van der Waals surface area contributed by atoms with E-state index in [1.54, 1.807) is 0 Å². The minimum atomic E-state index is -5.21. The van der Waals surface area contributed by atoms with Gasteiger partial charge in [-0.05, 0) is 25.1 Å². The van der Waals surface area contributed by atoms with Crippen LogP contribution >= 0.6 is 0 Å². The lowest BCUT2D eigenvalue weighted by atomic mass is 10.1. The van der Waals surface area contributed by atoms with E-state index in [1.807, 2.05) is 0 Å². The fourth-order valence-electron chi connectivity index (χ4n) is 2.94. The second kappa shape index (κ2) is 8.61. The van der Waals surface area contributed by atoms with Crippen molar-refractivity contribution in [1.82, 2.24) is 15.3 Å². The highest BCUT2D eigenvalue weighted by atomic mass is 19.4. The van der Waals surface area contributed by atoms with Gasteiger partial charge in [-0.3, -0.25) is 9.59 Å². The highest BCUT2D eigenvalue weighted by molar-refractivity contribution is 6.08. The molecule has 1 aromatic carbocycles. The predicted molar refractivity (Wildman–Crippen MR) is 100 cm³/mol. The topological polar surface area (TPSA) is 141 Å². The molecule has 0 fully saturated rings. The molecule has 0 unspecified atom stereocenters. The van der Waals surface area contributed by atoms with Gasteiger partial charge in [0.1, 0.15) is 23.1 Å². The Labute approximate surface area is 181 Å². The van der Waals surface area contributed by atoms with Crippen LogP contribution in [0.1, 0.15) is 27.5 Å². The molecule has 4 N–H and O–H groups in total. The molecule has 14 heteroatoms. The van der Waals surface area contributed by atoms with Crippen molar-refractivity contribution in [3.05, 3.63) is 53.3 Å². The summed E-state index contributed by atoms with van der Waals surface area (Å²) in [4.78, 5) is 29.8. The van der Waals surface area contributed by atoms with Crippen molar-refractivity contribution in [2.24, 2.45) is 5.73 Å². The number of alkyl halides is 5. The van der Waals surface area contributed by atoms with E-state index in [1.165, 1.54) is 6.92 Å². The van der Waals surface area contributed by atoms with E-state index < -0.39 is 53.9 Å². The molecule has 0 aliphatic rings. The Hall–Kier alpha value is -3.81. The van der Waals surface area contributed by atoms with Gasteiger partial charge in [0.15, 0.2) is 11.4 Å². The van der Waals surface area contributed by atoms with Crippen molar-refractivity contribution < 1.29 is 45.8 Å². The summed E-state index contributed by atoms with van der Waals surface area (Å²) in [7, 11) is 0. The lowest BCUT2D eigenvalue weighted by molar-refractivity contribution is -0.199. The number of rotatable bonds is 7. The fraction of sp³-hybridized carbons (Fsp3) is 0.263. The number of carbonyl (C=O) groups is 2. The largest absolute Gasteiger partial charge is 0.461 e. The minimum Gasteiger partial charge on any atom is -0.461 e. The van der Waals surface area contributed by atoms with E-state index in [4.69, 9.17) is 15.3 Å². The molecule has 0 bridgehead atoms. The summed E-state index contributed by atoms with van der Waals surface area (Å²) >= 11 is 0. The standard InChI is InChI=1S/C19H15F5N4O5/c1-8-13(17(31)28-11(7-29)16(25)30)10-6-9(2-3-12(10)32-8)33-19(23,24)15-14(18(20,21)22)26-4-5-27-15/h2-6,11,29H,7H2,1H3,(H2,25,30)(H,28,31)/t11-/m0/s1. The van der Waals surface area contributed by atoms with Gasteiger partial charge < -0.3 is 25.3 Å². The molecule has 0 radical (unpaired) electrons. The van der Waals surface area contributed by atoms with Gasteiger partial charge in [0, 0.05) is 17.8 Å². The van der Waals surface area contributed by atoms with Gasteiger partial charge in [0.05, 0.1) is 12.2 Å². The average Bonchev–Trinajstić information content (AvgIpc) is 3.05. The molecule has 9 nitrogen and oxygen atoms in total. The highest BCUT2D eigenvalue weighted by Gasteiger charge is 2.47. The molecule has 33 heavy (non-hydrogen) atoms. The smallest absolute Gasteiger partial charge is 0.446 e. The lowest BCUT2D eigenvalue weighted by Gasteiger charge is -2.20. The van der Waals surface area contributed by atoms with Gasteiger partial charge >= 0.3 is 12.3 Å². The van der Waals surface area contributed by atoms with Gasteiger partial charge in [0.2, 0.25) is 5.91 Å². The zero-order chi connectivity index (χ0) is 24.6. The van der Waals surface area contributed by atoms with Crippen LogP contribution in [0.2, 0.25) is 0 Å². The van der Waals surface area contributed by atoms with E-state index in [-0.39, 0.29) is 22.3 Å². The monoisotopic (exact) mass is 474 g/mol. The number of carbonyl (C=O) groups excluding carboxylic acids is 2. The Morgan fingerprint density at radius 2 is 1.82 bits per heavy atom. The number of halogens is 5. The number of aryl methyl sites for hydroxylation is 1. The van der Waals surface area contributed by atoms with E-state index >= 15 is 0 Å². The van der Waals surface area contributed by atoms with Gasteiger partial charge in [-0.25, -0.2) is 9.97 Å². The van der Waals surface area contributed by atoms with Crippen molar-refractivity contribution >= 4 is 22.8 Å². The molecule has 0 spiro atoms. The summed E-state index contributed by atoms with van der Waals surface area (Å²) in [6.07, 6.45) is -8.48. The summed E-state index contributed by atoms with van der Waals surface area (Å²) in [5, 5.41) is 11.3. The van der Waals surface area contributed by atoms with Crippen LogP contribution in [0.5, 0.6) is 5.75 Å². The Morgan fingerprint density at radius 3 is 2.39 bits per heavy atom. The molecular weight excluding hydrogens is 459 g/mol. The lowest BCUT2D eigenvalue weighted by Crippen LogP contribution is -2.46. The number of fused-ring (bicyclic) bond motifs is 1. The number of furan rings is 1. The quantitative estimate of drug-likeness (QED) is 0.446. The summed E-state index contributed by atoms with van der Waals surface area (Å²) < 4.78 is 78.2. The molecule has 0 aliphatic heterocycles. The second-order valence-electron chi connectivity index (χ2n) is 6.67. The molecule has 3 aromatic rings. The SMILES string of the molecule is Cc1oc2ccc(OC(F)(F)c3nccnc3C(F)(F)F)cc2c1C(=O)N[C@@H](CO)C(N)=O. The first-order valence-electron chi connectivity index (χ1n) is 9.05. The number of hydrogen-bond acceptors (Lipinski definition) is 7. The van der Waals surface area contributed by atoms with Crippen LogP contribution in [0, 0.1) is 6.92 Å². The third-order valence-corrected chi connectivity index (χ3v) is 4.38. The predicted octanol–water partition coefficient (Wildman–Crippen LogP) is 2.25. The van der Waals surface area contributed by atoms with E-state index in [0.717, 1.165) is 18.2 Å². The summed E-state index contributed by atoms with van der Waals surface area (Å²) in [6.45, 7) is 0.577. The van der Waals surface area contributed by atoms with Crippen molar-refractivity contribution in [3.63, 3.8) is 0 Å². The number of amides is 2. The van der Waals surface area contributed by atoms with Crippen LogP contribution in [0.4, 0.5) is 22.0 Å². The third-order valence-electron chi connectivity index (χ3n) is 4.38. The maximum Gasteiger partial charge on any atom is 0.446 e. The molecule has 1 atom stereocenters. The number of nitrogens with zero attached hydrogens (tertiary/aromatic N) is 2. The maximum absolute atomic E-state index is 14.6. The van der Waals surface area contributed by atoms with Gasteiger partial charge in [-0.1, -0.05) is 0 Å². The summed E-state index contributed by atoms with van der Waals surface area (Å²) in [6, 6.07) is 1.66. The van der Waals surface area contributed by atoms with Crippen molar-refractivity contribution in [3.8, 4) is 5.75 Å². The van der Waals surface area contributed by atoms with Crippen molar-refractivity contribution in [1.29, 1.82) is 0 Å². The van der Waals surface area contributed by atoms with Crippen LogP contribution < -0.4 is 15.8 Å². The molecule has 2 aromatic heterocycles. The molecule has 0 aliphatic carbocycles.